The molecule has 144 valence electrons. The van der Waals surface area contributed by atoms with Crippen molar-refractivity contribution in [3.63, 3.8) is 0 Å². The summed E-state index contributed by atoms with van der Waals surface area (Å²) in [5.41, 5.74) is 3.49. The van der Waals surface area contributed by atoms with Crippen LogP contribution in [-0.4, -0.2) is 45.6 Å². The standard InChI is InChI=1S/C22H24N4O2/c1-15-4-7-18(8-5-15)25-21-19-9-6-17(11-20(19)23-14-24-21)22(28)26-10-2-3-16(12-26)13-27/h4-9,11,14,16,27H,2-3,10,12-13H2,1H3,(H,23,24,25). The maximum absolute atomic E-state index is 12.9. The number of rotatable bonds is 4. The number of hydrogen-bond donors (Lipinski definition) is 2. The molecule has 1 aliphatic heterocycles. The van der Waals surface area contributed by atoms with Gasteiger partial charge in [-0.25, -0.2) is 9.97 Å². The molecule has 4 rings (SSSR count). The number of aliphatic hydroxyl groups excluding tert-OH is 1. The third-order valence-electron chi connectivity index (χ3n) is 5.26. The van der Waals surface area contributed by atoms with Gasteiger partial charge in [-0.1, -0.05) is 17.7 Å². The van der Waals surface area contributed by atoms with E-state index in [1.807, 2.05) is 54.3 Å². The largest absolute Gasteiger partial charge is 0.396 e. The van der Waals surface area contributed by atoms with Crippen LogP contribution in [0.1, 0.15) is 28.8 Å². The molecule has 2 heterocycles. The number of piperidine rings is 1. The van der Waals surface area contributed by atoms with Crippen molar-refractivity contribution in [2.75, 3.05) is 25.0 Å². The van der Waals surface area contributed by atoms with Crippen LogP contribution >= 0.6 is 0 Å². The molecule has 2 N–H and O–H groups in total. The van der Waals surface area contributed by atoms with Crippen molar-refractivity contribution in [1.82, 2.24) is 14.9 Å². The Morgan fingerprint density at radius 1 is 1.21 bits per heavy atom. The van der Waals surface area contributed by atoms with E-state index in [1.54, 1.807) is 0 Å². The van der Waals surface area contributed by atoms with Crippen molar-refractivity contribution in [3.05, 3.63) is 59.9 Å². The first-order valence-corrected chi connectivity index (χ1v) is 9.62. The zero-order valence-electron chi connectivity index (χ0n) is 15.9. The summed E-state index contributed by atoms with van der Waals surface area (Å²) in [6, 6.07) is 13.7. The lowest BCUT2D eigenvalue weighted by Crippen LogP contribution is -2.40. The molecule has 0 aliphatic carbocycles. The topological polar surface area (TPSA) is 78.4 Å². The van der Waals surface area contributed by atoms with Crippen molar-refractivity contribution in [1.29, 1.82) is 0 Å². The van der Waals surface area contributed by atoms with Crippen molar-refractivity contribution < 1.29 is 9.90 Å². The molecule has 0 saturated carbocycles. The van der Waals surface area contributed by atoms with E-state index < -0.39 is 0 Å². The van der Waals surface area contributed by atoms with Gasteiger partial charge in [-0.3, -0.25) is 4.79 Å². The molecular weight excluding hydrogens is 352 g/mol. The first-order valence-electron chi connectivity index (χ1n) is 9.62. The SMILES string of the molecule is Cc1ccc(Nc2ncnc3cc(C(=O)N4CCCC(CO)C4)ccc23)cc1. The van der Waals surface area contributed by atoms with Crippen LogP contribution in [0, 0.1) is 12.8 Å². The number of aliphatic hydroxyl groups is 1. The minimum Gasteiger partial charge on any atom is -0.396 e. The number of amides is 1. The summed E-state index contributed by atoms with van der Waals surface area (Å²) in [6.07, 6.45) is 3.41. The van der Waals surface area contributed by atoms with Gasteiger partial charge < -0.3 is 15.3 Å². The Bertz CT molecular complexity index is 987. The smallest absolute Gasteiger partial charge is 0.253 e. The van der Waals surface area contributed by atoms with E-state index in [0.717, 1.165) is 36.0 Å². The lowest BCUT2D eigenvalue weighted by atomic mass is 9.98. The summed E-state index contributed by atoms with van der Waals surface area (Å²) in [6.45, 7) is 3.52. The molecule has 1 fully saturated rings. The summed E-state index contributed by atoms with van der Waals surface area (Å²) in [4.78, 5) is 23.4. The summed E-state index contributed by atoms with van der Waals surface area (Å²) >= 11 is 0. The van der Waals surface area contributed by atoms with Gasteiger partial charge in [0.25, 0.3) is 5.91 Å². The van der Waals surface area contributed by atoms with Crippen LogP contribution in [0.15, 0.2) is 48.8 Å². The van der Waals surface area contributed by atoms with Crippen LogP contribution in [-0.2, 0) is 0 Å². The molecule has 1 unspecified atom stereocenters. The Kier molecular flexibility index (Phi) is 5.21. The average Bonchev–Trinajstić information content (AvgIpc) is 2.74. The number of fused-ring (bicyclic) bond motifs is 1. The van der Waals surface area contributed by atoms with E-state index >= 15 is 0 Å². The number of aryl methyl sites for hydroxylation is 1. The van der Waals surface area contributed by atoms with Crippen molar-refractivity contribution in [3.8, 4) is 0 Å². The quantitative estimate of drug-likeness (QED) is 0.728. The van der Waals surface area contributed by atoms with Crippen molar-refractivity contribution >= 4 is 28.3 Å². The van der Waals surface area contributed by atoms with Crippen LogP contribution in [0.4, 0.5) is 11.5 Å². The minimum absolute atomic E-state index is 0.00768. The fourth-order valence-electron chi connectivity index (χ4n) is 3.64. The first kappa shape index (κ1) is 18.4. The molecule has 0 radical (unpaired) electrons. The van der Waals surface area contributed by atoms with E-state index in [1.165, 1.54) is 11.9 Å². The molecule has 6 nitrogen and oxygen atoms in total. The Hall–Kier alpha value is -2.99. The lowest BCUT2D eigenvalue weighted by Gasteiger charge is -2.32. The number of carbonyl (C=O) groups is 1. The second-order valence-corrected chi connectivity index (χ2v) is 7.39. The second kappa shape index (κ2) is 7.94. The third kappa shape index (κ3) is 3.82. The van der Waals surface area contributed by atoms with Gasteiger partial charge in [0.1, 0.15) is 12.1 Å². The van der Waals surface area contributed by atoms with Gasteiger partial charge in [-0.2, -0.15) is 0 Å². The number of likely N-dealkylation sites (tertiary alicyclic amines) is 1. The van der Waals surface area contributed by atoms with E-state index in [-0.39, 0.29) is 18.4 Å². The zero-order chi connectivity index (χ0) is 19.5. The van der Waals surface area contributed by atoms with E-state index in [2.05, 4.69) is 15.3 Å². The Labute approximate surface area is 164 Å². The molecule has 1 aliphatic rings. The highest BCUT2D eigenvalue weighted by atomic mass is 16.3. The van der Waals surface area contributed by atoms with Gasteiger partial charge in [-0.15, -0.1) is 0 Å². The fourth-order valence-corrected chi connectivity index (χ4v) is 3.64. The maximum Gasteiger partial charge on any atom is 0.253 e. The van der Waals surface area contributed by atoms with Crippen LogP contribution in [0.25, 0.3) is 10.9 Å². The first-order chi connectivity index (χ1) is 13.6. The molecular formula is C22H24N4O2. The number of aromatic nitrogens is 2. The van der Waals surface area contributed by atoms with Gasteiger partial charge in [0, 0.05) is 36.3 Å². The fraction of sp³-hybridized carbons (Fsp3) is 0.318. The molecule has 1 amide bonds. The van der Waals surface area contributed by atoms with Crippen LogP contribution in [0.2, 0.25) is 0 Å². The highest BCUT2D eigenvalue weighted by Gasteiger charge is 2.24. The summed E-state index contributed by atoms with van der Waals surface area (Å²) < 4.78 is 0. The highest BCUT2D eigenvalue weighted by molar-refractivity contribution is 6.00. The third-order valence-corrected chi connectivity index (χ3v) is 5.26. The zero-order valence-corrected chi connectivity index (χ0v) is 15.9. The number of nitrogens with zero attached hydrogens (tertiary/aromatic N) is 3. The lowest BCUT2D eigenvalue weighted by molar-refractivity contribution is 0.0621. The molecule has 0 spiro atoms. The number of nitrogens with one attached hydrogen (secondary N) is 1. The van der Waals surface area contributed by atoms with Crippen molar-refractivity contribution in [2.45, 2.75) is 19.8 Å². The minimum atomic E-state index is -0.00768. The van der Waals surface area contributed by atoms with Crippen LogP contribution < -0.4 is 5.32 Å². The van der Waals surface area contributed by atoms with Crippen LogP contribution in [0.5, 0.6) is 0 Å². The molecule has 1 aromatic heterocycles. The maximum atomic E-state index is 12.9. The summed E-state index contributed by atoms with van der Waals surface area (Å²) in [7, 11) is 0. The van der Waals surface area contributed by atoms with Gasteiger partial charge in [0.05, 0.1) is 5.52 Å². The molecule has 28 heavy (non-hydrogen) atoms. The normalized spacial score (nSPS) is 16.9. The monoisotopic (exact) mass is 376 g/mol. The van der Waals surface area contributed by atoms with E-state index in [4.69, 9.17) is 0 Å². The van der Waals surface area contributed by atoms with Crippen molar-refractivity contribution in [2.24, 2.45) is 5.92 Å². The Balaban J connectivity index is 1.59. The van der Waals surface area contributed by atoms with Gasteiger partial charge in [0.2, 0.25) is 0 Å². The molecule has 2 aromatic carbocycles. The number of hydrogen-bond acceptors (Lipinski definition) is 5. The van der Waals surface area contributed by atoms with Gasteiger partial charge >= 0.3 is 0 Å². The molecule has 1 saturated heterocycles. The van der Waals surface area contributed by atoms with Gasteiger partial charge in [0.15, 0.2) is 0 Å². The van der Waals surface area contributed by atoms with E-state index in [9.17, 15) is 9.90 Å². The summed E-state index contributed by atoms with van der Waals surface area (Å²) in [5.74, 6) is 0.878. The average molecular weight is 376 g/mol. The predicted octanol–water partition coefficient (Wildman–Crippen LogP) is 3.53. The number of carbonyl (C=O) groups excluding carboxylic acids is 1. The number of anilines is 2. The molecule has 6 heteroatoms. The van der Waals surface area contributed by atoms with Gasteiger partial charge in [-0.05, 0) is 56.0 Å². The Morgan fingerprint density at radius 2 is 2.04 bits per heavy atom. The molecule has 1 atom stereocenters. The molecule has 0 bridgehead atoms. The Morgan fingerprint density at radius 3 is 2.82 bits per heavy atom. The summed E-state index contributed by atoms with van der Waals surface area (Å²) in [5, 5.41) is 13.6. The van der Waals surface area contributed by atoms with Crippen LogP contribution in [0.3, 0.4) is 0 Å². The highest BCUT2D eigenvalue weighted by Crippen LogP contribution is 2.25. The van der Waals surface area contributed by atoms with E-state index in [0.29, 0.717) is 17.9 Å². The number of benzene rings is 2. The molecule has 3 aromatic rings. The predicted molar refractivity (Wildman–Crippen MR) is 110 cm³/mol. The second-order valence-electron chi connectivity index (χ2n) is 7.39.